The first kappa shape index (κ1) is 18.4. The second-order valence-electron chi connectivity index (χ2n) is 5.63. The number of nitrogens with zero attached hydrogens (tertiary/aromatic N) is 1. The monoisotopic (exact) mass is 363 g/mol. The minimum atomic E-state index is -4.60. The third-order valence-electron chi connectivity index (χ3n) is 3.81. The molecule has 2 rings (SSSR count). The van der Waals surface area contributed by atoms with Crippen LogP contribution in [0.2, 0.25) is 5.02 Å². The molecule has 1 aromatic rings. The van der Waals surface area contributed by atoms with Crippen LogP contribution in [0.1, 0.15) is 24.8 Å². The molecule has 24 heavy (non-hydrogen) atoms. The van der Waals surface area contributed by atoms with Crippen LogP contribution in [0.15, 0.2) is 18.2 Å². The van der Waals surface area contributed by atoms with Crippen LogP contribution in [0.25, 0.3) is 0 Å². The molecule has 1 heterocycles. The van der Waals surface area contributed by atoms with Gasteiger partial charge in [-0.2, -0.15) is 13.2 Å². The molecule has 1 aromatic carbocycles. The molecule has 1 fully saturated rings. The van der Waals surface area contributed by atoms with Crippen molar-refractivity contribution >= 4 is 29.2 Å². The van der Waals surface area contributed by atoms with Crippen molar-refractivity contribution in [1.82, 2.24) is 10.2 Å². The molecule has 0 spiro atoms. The Kier molecular flexibility index (Phi) is 5.58. The number of nitrogens with one attached hydrogen (secondary N) is 2. The van der Waals surface area contributed by atoms with Gasteiger partial charge in [0.05, 0.1) is 10.6 Å². The van der Waals surface area contributed by atoms with Gasteiger partial charge in [0.25, 0.3) is 0 Å². The SMILES string of the molecule is CN1CCC(NC(=O)Nc2ccc(Cl)c(C(F)(F)F)c2)CCC1=O. The molecule has 1 atom stereocenters. The van der Waals surface area contributed by atoms with Crippen molar-refractivity contribution in [1.29, 1.82) is 0 Å². The van der Waals surface area contributed by atoms with Crippen LogP contribution in [0, 0.1) is 0 Å². The number of hydrogen-bond donors (Lipinski definition) is 2. The standard InChI is InChI=1S/C15H17ClF3N3O2/c1-22-7-6-9(3-5-13(22)23)20-14(24)21-10-2-4-12(16)11(8-10)15(17,18)19/h2,4,8-9H,3,5-7H2,1H3,(H2,20,21,24). The quantitative estimate of drug-likeness (QED) is 0.845. The van der Waals surface area contributed by atoms with E-state index in [1.807, 2.05) is 0 Å². The van der Waals surface area contributed by atoms with E-state index < -0.39 is 22.8 Å². The number of carbonyl (C=O) groups excluding carboxylic acids is 2. The highest BCUT2D eigenvalue weighted by Crippen LogP contribution is 2.36. The van der Waals surface area contributed by atoms with E-state index >= 15 is 0 Å². The molecule has 1 aliphatic heterocycles. The lowest BCUT2D eigenvalue weighted by molar-refractivity contribution is -0.137. The number of likely N-dealkylation sites (tertiary alicyclic amines) is 1. The fourth-order valence-electron chi connectivity index (χ4n) is 2.42. The van der Waals surface area contributed by atoms with Gasteiger partial charge in [0.15, 0.2) is 0 Å². The van der Waals surface area contributed by atoms with Crippen LogP contribution in [0.5, 0.6) is 0 Å². The maximum Gasteiger partial charge on any atom is 0.417 e. The Morgan fingerprint density at radius 3 is 2.71 bits per heavy atom. The molecule has 0 saturated carbocycles. The molecule has 2 N–H and O–H groups in total. The summed E-state index contributed by atoms with van der Waals surface area (Å²) in [7, 11) is 1.69. The summed E-state index contributed by atoms with van der Waals surface area (Å²) in [6.45, 7) is 0.517. The zero-order chi connectivity index (χ0) is 17.9. The van der Waals surface area contributed by atoms with E-state index in [-0.39, 0.29) is 17.6 Å². The van der Waals surface area contributed by atoms with Gasteiger partial charge >= 0.3 is 12.2 Å². The van der Waals surface area contributed by atoms with Crippen LogP contribution in [0.4, 0.5) is 23.7 Å². The minimum absolute atomic E-state index is 0.00669. The maximum absolute atomic E-state index is 12.8. The van der Waals surface area contributed by atoms with Gasteiger partial charge in [0.2, 0.25) is 5.91 Å². The van der Waals surface area contributed by atoms with Gasteiger partial charge in [-0.15, -0.1) is 0 Å². The lowest BCUT2D eigenvalue weighted by Gasteiger charge is -2.18. The molecule has 0 aliphatic carbocycles. The van der Waals surface area contributed by atoms with Gasteiger partial charge in [0, 0.05) is 31.7 Å². The largest absolute Gasteiger partial charge is 0.417 e. The first-order chi connectivity index (χ1) is 11.2. The van der Waals surface area contributed by atoms with Gasteiger partial charge in [-0.3, -0.25) is 4.79 Å². The molecule has 0 aromatic heterocycles. The predicted molar refractivity (Wildman–Crippen MR) is 83.9 cm³/mol. The Balaban J connectivity index is 1.99. The van der Waals surface area contributed by atoms with E-state index in [1.165, 1.54) is 6.07 Å². The highest BCUT2D eigenvalue weighted by atomic mass is 35.5. The van der Waals surface area contributed by atoms with Crippen molar-refractivity contribution in [2.75, 3.05) is 18.9 Å². The number of benzene rings is 1. The Labute approximate surface area is 142 Å². The summed E-state index contributed by atoms with van der Waals surface area (Å²) in [4.78, 5) is 25.1. The number of amides is 3. The van der Waals surface area contributed by atoms with Gasteiger partial charge in [-0.05, 0) is 31.0 Å². The third-order valence-corrected chi connectivity index (χ3v) is 4.14. The Morgan fingerprint density at radius 2 is 2.04 bits per heavy atom. The summed E-state index contributed by atoms with van der Waals surface area (Å²) in [6.07, 6.45) is -3.20. The van der Waals surface area contributed by atoms with Crippen molar-refractivity contribution in [2.24, 2.45) is 0 Å². The molecule has 1 unspecified atom stereocenters. The summed E-state index contributed by atoms with van der Waals surface area (Å²) in [5, 5.41) is 4.61. The number of halogens is 4. The molecular formula is C15H17ClF3N3O2. The number of alkyl halides is 3. The summed E-state index contributed by atoms with van der Waals surface area (Å²) in [5.41, 5.74) is -1.02. The van der Waals surface area contributed by atoms with E-state index in [4.69, 9.17) is 11.6 Å². The third kappa shape index (κ3) is 4.77. The molecule has 0 bridgehead atoms. The lowest BCUT2D eigenvalue weighted by Crippen LogP contribution is -2.38. The molecular weight excluding hydrogens is 347 g/mol. The molecule has 1 saturated heterocycles. The van der Waals surface area contributed by atoms with Gasteiger partial charge in [-0.25, -0.2) is 4.79 Å². The van der Waals surface area contributed by atoms with E-state index in [1.54, 1.807) is 11.9 Å². The molecule has 9 heteroatoms. The summed E-state index contributed by atoms with van der Waals surface area (Å²) in [6, 6.07) is 2.33. The first-order valence-electron chi connectivity index (χ1n) is 7.35. The molecule has 0 radical (unpaired) electrons. The summed E-state index contributed by atoms with van der Waals surface area (Å²) < 4.78 is 38.4. The minimum Gasteiger partial charge on any atom is -0.346 e. The van der Waals surface area contributed by atoms with E-state index in [0.717, 1.165) is 12.1 Å². The average molecular weight is 364 g/mol. The number of rotatable bonds is 2. The Hall–Kier alpha value is -1.96. The fraction of sp³-hybridized carbons (Fsp3) is 0.467. The second kappa shape index (κ2) is 7.29. The fourth-order valence-corrected chi connectivity index (χ4v) is 2.65. The Morgan fingerprint density at radius 1 is 1.33 bits per heavy atom. The topological polar surface area (TPSA) is 61.4 Å². The van der Waals surface area contributed by atoms with Crippen molar-refractivity contribution in [3.05, 3.63) is 28.8 Å². The van der Waals surface area contributed by atoms with Gasteiger partial charge < -0.3 is 15.5 Å². The smallest absolute Gasteiger partial charge is 0.346 e. The predicted octanol–water partition coefficient (Wildman–Crippen LogP) is 3.49. The van der Waals surface area contributed by atoms with Crippen molar-refractivity contribution in [3.8, 4) is 0 Å². The highest BCUT2D eigenvalue weighted by Gasteiger charge is 2.33. The first-order valence-corrected chi connectivity index (χ1v) is 7.73. The van der Waals surface area contributed by atoms with Crippen LogP contribution in [-0.4, -0.2) is 36.5 Å². The number of hydrogen-bond acceptors (Lipinski definition) is 2. The number of anilines is 1. The molecule has 132 valence electrons. The summed E-state index contributed by atoms with van der Waals surface area (Å²) in [5.74, 6) is 0.00669. The van der Waals surface area contributed by atoms with Crippen LogP contribution in [-0.2, 0) is 11.0 Å². The molecule has 1 aliphatic rings. The van der Waals surface area contributed by atoms with Gasteiger partial charge in [-0.1, -0.05) is 11.6 Å². The number of carbonyl (C=O) groups is 2. The Bertz CT molecular complexity index is 637. The van der Waals surface area contributed by atoms with Crippen molar-refractivity contribution in [3.63, 3.8) is 0 Å². The van der Waals surface area contributed by atoms with Crippen LogP contribution >= 0.6 is 11.6 Å². The van der Waals surface area contributed by atoms with Crippen molar-refractivity contribution in [2.45, 2.75) is 31.5 Å². The van der Waals surface area contributed by atoms with E-state index in [2.05, 4.69) is 10.6 Å². The van der Waals surface area contributed by atoms with Crippen LogP contribution < -0.4 is 10.6 Å². The van der Waals surface area contributed by atoms with Crippen LogP contribution in [0.3, 0.4) is 0 Å². The molecule has 3 amide bonds. The second-order valence-corrected chi connectivity index (χ2v) is 6.04. The zero-order valence-corrected chi connectivity index (χ0v) is 13.7. The highest BCUT2D eigenvalue weighted by molar-refractivity contribution is 6.31. The molecule has 5 nitrogen and oxygen atoms in total. The van der Waals surface area contributed by atoms with Gasteiger partial charge in [0.1, 0.15) is 0 Å². The number of urea groups is 1. The average Bonchev–Trinajstić information content (AvgIpc) is 2.64. The van der Waals surface area contributed by atoms with Crippen molar-refractivity contribution < 1.29 is 22.8 Å². The maximum atomic E-state index is 12.8. The summed E-state index contributed by atoms with van der Waals surface area (Å²) >= 11 is 5.53. The zero-order valence-electron chi connectivity index (χ0n) is 12.9. The van der Waals surface area contributed by atoms with E-state index in [0.29, 0.717) is 25.8 Å². The normalized spacial score (nSPS) is 19.0. The van der Waals surface area contributed by atoms with E-state index in [9.17, 15) is 22.8 Å². The lowest BCUT2D eigenvalue weighted by atomic mass is 10.1.